The van der Waals surface area contributed by atoms with E-state index in [-0.39, 0.29) is 59.8 Å². The second-order valence-corrected chi connectivity index (χ2v) is 23.9. The molecular formula is C63H84N4O8. The number of likely N-dealkylation sites (N-methyl/N-ethyl adjacent to an activating group) is 1. The van der Waals surface area contributed by atoms with Crippen molar-refractivity contribution in [2.24, 2.45) is 63.7 Å². The Morgan fingerprint density at radius 3 is 2.65 bits per heavy atom. The van der Waals surface area contributed by atoms with E-state index >= 15 is 4.79 Å². The number of methoxy groups -OCH3 is 1. The number of guanidine groups is 1. The summed E-state index contributed by atoms with van der Waals surface area (Å²) >= 11 is 0. The summed E-state index contributed by atoms with van der Waals surface area (Å²) in [4.78, 5) is 20.5. The first-order valence-corrected chi connectivity index (χ1v) is 28.9. The van der Waals surface area contributed by atoms with E-state index in [2.05, 4.69) is 77.2 Å². The number of benzene rings is 2. The number of ether oxygens (including phenoxy) is 4. The van der Waals surface area contributed by atoms with Crippen molar-refractivity contribution in [3.8, 4) is 47.0 Å². The average molecular weight is 1030 g/mol. The van der Waals surface area contributed by atoms with Crippen LogP contribution in [0.4, 0.5) is 5.69 Å². The number of aromatic hydroxyl groups is 1. The van der Waals surface area contributed by atoms with E-state index in [1.807, 2.05) is 25.3 Å². The van der Waals surface area contributed by atoms with Crippen LogP contribution in [-0.2, 0) is 21.4 Å². The van der Waals surface area contributed by atoms with Crippen LogP contribution in [0.15, 0.2) is 59.6 Å². The lowest BCUT2D eigenvalue weighted by Gasteiger charge is -2.58. The van der Waals surface area contributed by atoms with Crippen LogP contribution >= 0.6 is 0 Å². The predicted molar refractivity (Wildman–Crippen MR) is 293 cm³/mol. The van der Waals surface area contributed by atoms with Gasteiger partial charge in [-0.05, 0) is 185 Å². The summed E-state index contributed by atoms with van der Waals surface area (Å²) in [5, 5.41) is 43.1. The SMILES string of the molecule is CCC1C=CC2C(C1)C1C=CC(=O)C3(Cc4ccc(O)c(OC)c4)CCCC3CC#CNC(=NC)Nc3cc(cc4c3OC#CCC3CC(CNC)(CC3CC(O)OC3CCCCC3)O4)C13CCCC3C2CCCO. The van der Waals surface area contributed by atoms with Crippen molar-refractivity contribution in [1.82, 2.24) is 10.6 Å². The highest BCUT2D eigenvalue weighted by atomic mass is 16.6. The number of aliphatic hydroxyl groups is 2. The summed E-state index contributed by atoms with van der Waals surface area (Å²) < 4.78 is 26.2. The fraction of sp³-hybridized carbons (Fsp3) is 0.651. The van der Waals surface area contributed by atoms with E-state index in [4.69, 9.17) is 23.9 Å². The molecule has 0 amide bonds. The van der Waals surface area contributed by atoms with Crippen molar-refractivity contribution in [2.45, 2.75) is 165 Å². The van der Waals surface area contributed by atoms with Crippen LogP contribution in [0.1, 0.15) is 146 Å². The molecule has 8 aliphatic rings. The number of anilines is 1. The number of carbonyl (C=O) groups excluding carboxylic acids is 1. The van der Waals surface area contributed by atoms with Crippen LogP contribution in [0.2, 0.25) is 0 Å². The number of hydrogen-bond donors (Lipinski definition) is 6. The minimum Gasteiger partial charge on any atom is -0.504 e. The van der Waals surface area contributed by atoms with Gasteiger partial charge in [0.15, 0.2) is 29.3 Å². The molecule has 2 aromatic carbocycles. The summed E-state index contributed by atoms with van der Waals surface area (Å²) in [7, 11) is 5.29. The van der Waals surface area contributed by atoms with E-state index in [9.17, 15) is 15.3 Å². The Labute approximate surface area is 446 Å². The number of aliphatic hydroxyl groups excluding tert-OH is 2. The number of rotatable bonds is 13. The van der Waals surface area contributed by atoms with Gasteiger partial charge in [0.1, 0.15) is 11.7 Å². The highest BCUT2D eigenvalue weighted by Gasteiger charge is 2.61. The number of fused-ring (bicyclic) bond motifs is 9. The van der Waals surface area contributed by atoms with Crippen molar-refractivity contribution in [1.29, 1.82) is 0 Å². The Bertz CT molecular complexity index is 2590. The van der Waals surface area contributed by atoms with Gasteiger partial charge in [0.25, 0.3) is 0 Å². The van der Waals surface area contributed by atoms with Crippen LogP contribution in [-0.4, -0.2) is 79.4 Å². The van der Waals surface area contributed by atoms with E-state index < -0.39 is 22.7 Å². The lowest BCUT2D eigenvalue weighted by Crippen LogP contribution is -2.54. The zero-order valence-electron chi connectivity index (χ0n) is 45.1. The molecule has 6 N–H and O–H groups in total. The molecule has 2 aliphatic heterocycles. The van der Waals surface area contributed by atoms with Crippen LogP contribution in [0, 0.1) is 82.7 Å². The van der Waals surface area contributed by atoms with Gasteiger partial charge < -0.3 is 44.9 Å². The Hall–Kier alpha value is -4.98. The molecule has 13 atom stereocenters. The van der Waals surface area contributed by atoms with Crippen molar-refractivity contribution < 1.29 is 39.1 Å². The molecule has 5 fully saturated rings. The first kappa shape index (κ1) is 53.4. The Balaban J connectivity index is 1.13. The van der Waals surface area contributed by atoms with E-state index in [0.717, 1.165) is 114 Å². The molecule has 2 aromatic rings. The number of allylic oxidation sites excluding steroid dienone is 4. The molecule has 0 saturated heterocycles. The van der Waals surface area contributed by atoms with E-state index in [1.165, 1.54) is 6.42 Å². The highest BCUT2D eigenvalue weighted by Crippen LogP contribution is 2.66. The van der Waals surface area contributed by atoms with Gasteiger partial charge in [-0.15, -0.1) is 0 Å². The smallest absolute Gasteiger partial charge is 0.207 e. The third kappa shape index (κ3) is 10.7. The molecular weight excluding hydrogens is 941 g/mol. The quantitative estimate of drug-likeness (QED) is 0.0643. The molecule has 1 spiro atoms. The normalized spacial score (nSPS) is 35.0. The maximum atomic E-state index is 15.8. The number of carbonyl (C=O) groups is 1. The molecule has 75 heavy (non-hydrogen) atoms. The van der Waals surface area contributed by atoms with Crippen LogP contribution in [0.3, 0.4) is 0 Å². The molecule has 10 rings (SSSR count). The average Bonchev–Trinajstić information content (AvgIpc) is 4.23. The monoisotopic (exact) mass is 1020 g/mol. The zero-order chi connectivity index (χ0) is 52.2. The maximum absolute atomic E-state index is 15.8. The van der Waals surface area contributed by atoms with Crippen molar-refractivity contribution in [2.75, 3.05) is 39.7 Å². The van der Waals surface area contributed by atoms with Crippen molar-refractivity contribution >= 4 is 17.4 Å². The lowest BCUT2D eigenvalue weighted by atomic mass is 9.46. The van der Waals surface area contributed by atoms with Gasteiger partial charge in [0.2, 0.25) is 11.7 Å². The van der Waals surface area contributed by atoms with Gasteiger partial charge in [0, 0.05) is 56.3 Å². The van der Waals surface area contributed by atoms with Gasteiger partial charge in [0.05, 0.1) is 18.9 Å². The Morgan fingerprint density at radius 2 is 1.85 bits per heavy atom. The molecule has 404 valence electrons. The summed E-state index contributed by atoms with van der Waals surface area (Å²) in [5.41, 5.74) is 1.03. The molecule has 0 aromatic heterocycles. The van der Waals surface area contributed by atoms with Crippen LogP contribution in [0.5, 0.6) is 23.0 Å². The molecule has 13 unspecified atom stereocenters. The first-order valence-electron chi connectivity index (χ1n) is 28.9. The molecule has 12 nitrogen and oxygen atoms in total. The predicted octanol–water partition coefficient (Wildman–Crippen LogP) is 10.3. The number of aliphatic imine (C=N–C) groups is 1. The number of nitrogens with one attached hydrogen (secondary N) is 3. The van der Waals surface area contributed by atoms with Crippen molar-refractivity contribution in [3.05, 3.63) is 65.8 Å². The van der Waals surface area contributed by atoms with Gasteiger partial charge in [-0.1, -0.05) is 75.2 Å². The lowest BCUT2D eigenvalue weighted by molar-refractivity contribution is -0.154. The molecule has 4 bridgehead atoms. The summed E-state index contributed by atoms with van der Waals surface area (Å²) in [5.74, 6) is 10.9. The van der Waals surface area contributed by atoms with Crippen LogP contribution < -0.4 is 30.2 Å². The van der Waals surface area contributed by atoms with Gasteiger partial charge in [-0.2, -0.15) is 0 Å². The fourth-order valence-corrected chi connectivity index (χ4v) is 16.5. The third-order valence-corrected chi connectivity index (χ3v) is 19.8. The largest absolute Gasteiger partial charge is 0.504 e. The second kappa shape index (κ2) is 23.3. The standard InChI is InChI=1S/C63H84N4O8/c1-5-41-21-23-48-49(19-12-30-68)51-20-10-28-63(51)46-35-53(59-56(36-46)75-61(40-64-2)38-43(14-13-31-73-59)44(39-61)34-58(71)74-47-17-7-6-8-18-47)67-60(65-3)66-29-11-16-45-15-9-27-62(45,57(70)26-24-52(63)50(48)32-41)37-42-22-25-54(69)55(33-42)72-4/h21-26,33,35-36,41,43-45,47-52,58,64,68-69,71H,5-10,12,14-20,27-28,30,32,34,37-40H2,1-4H3,(H2,65,66,67). The Morgan fingerprint density at radius 1 is 1.00 bits per heavy atom. The molecule has 6 aliphatic carbocycles. The fourth-order valence-electron chi connectivity index (χ4n) is 16.5. The minimum atomic E-state index is -0.852. The van der Waals surface area contributed by atoms with Gasteiger partial charge in [-0.25, -0.2) is 0 Å². The number of phenolic OH excluding ortho intramolecular Hbond substituents is 1. The molecule has 0 radical (unpaired) electrons. The first-order chi connectivity index (χ1) is 36.5. The number of phenols is 1. The van der Waals surface area contributed by atoms with E-state index in [0.29, 0.717) is 78.9 Å². The number of hydrogen-bond acceptors (Lipinski definition) is 10. The summed E-state index contributed by atoms with van der Waals surface area (Å²) in [6.07, 6.45) is 30.2. The zero-order valence-corrected chi connectivity index (χ0v) is 45.1. The number of ketones is 1. The third-order valence-electron chi connectivity index (χ3n) is 19.8. The second-order valence-electron chi connectivity index (χ2n) is 23.9. The minimum absolute atomic E-state index is 0.000775. The maximum Gasteiger partial charge on any atom is 0.207 e. The number of nitrogens with zero attached hydrogens (tertiary/aromatic N) is 1. The summed E-state index contributed by atoms with van der Waals surface area (Å²) in [6.45, 7) is 3.04. The van der Waals surface area contributed by atoms with Gasteiger partial charge in [-0.3, -0.25) is 15.1 Å². The highest BCUT2D eigenvalue weighted by molar-refractivity contribution is 5.97. The molecule has 2 heterocycles. The van der Waals surface area contributed by atoms with Crippen LogP contribution in [0.25, 0.3) is 0 Å². The molecule has 5 saturated carbocycles. The summed E-state index contributed by atoms with van der Waals surface area (Å²) in [6, 6.07) is 13.3. The Kier molecular flexibility index (Phi) is 16.6. The van der Waals surface area contributed by atoms with Crippen molar-refractivity contribution in [3.63, 3.8) is 0 Å². The molecule has 12 heteroatoms. The van der Waals surface area contributed by atoms with E-state index in [1.54, 1.807) is 20.2 Å². The topological polar surface area (TPSA) is 163 Å². The van der Waals surface area contributed by atoms with Gasteiger partial charge >= 0.3 is 0 Å².